The molecule has 2 aromatic carbocycles. The van der Waals surface area contributed by atoms with Crippen LogP contribution in [-0.2, 0) is 0 Å². The molecule has 3 rings (SSSR count). The number of benzene rings is 2. The molecular weight excluding hydrogens is 348 g/mol. The van der Waals surface area contributed by atoms with Crippen molar-refractivity contribution in [3.8, 4) is 5.75 Å². The van der Waals surface area contributed by atoms with E-state index in [4.69, 9.17) is 4.74 Å². The van der Waals surface area contributed by atoms with E-state index in [0.717, 1.165) is 16.9 Å². The Morgan fingerprint density at radius 1 is 1.19 bits per heavy atom. The van der Waals surface area contributed by atoms with Crippen molar-refractivity contribution in [1.29, 1.82) is 0 Å². The van der Waals surface area contributed by atoms with Gasteiger partial charge in [0.2, 0.25) is 0 Å². The third-order valence-corrected chi connectivity index (χ3v) is 4.24. The summed E-state index contributed by atoms with van der Waals surface area (Å²) < 4.78 is 5.78. The number of fused-ring (bicyclic) bond motifs is 1. The number of rotatable bonds is 6. The van der Waals surface area contributed by atoms with E-state index in [-0.39, 0.29) is 11.1 Å². The maximum atomic E-state index is 11.9. The molecular formula is C19H20N4O4. The average Bonchev–Trinajstić information content (AvgIpc) is 2.60. The van der Waals surface area contributed by atoms with Crippen molar-refractivity contribution in [3.63, 3.8) is 0 Å². The number of ether oxygens (including phenoxy) is 1. The summed E-state index contributed by atoms with van der Waals surface area (Å²) in [6.07, 6.45) is 1.28. The molecule has 27 heavy (non-hydrogen) atoms. The Labute approximate surface area is 155 Å². The Morgan fingerprint density at radius 3 is 2.56 bits per heavy atom. The first-order chi connectivity index (χ1) is 12.8. The molecule has 140 valence electrons. The van der Waals surface area contributed by atoms with Crippen LogP contribution in [0.2, 0.25) is 0 Å². The maximum absolute atomic E-state index is 11.9. The second kappa shape index (κ2) is 7.45. The molecule has 0 saturated heterocycles. The van der Waals surface area contributed by atoms with Crippen molar-refractivity contribution in [1.82, 2.24) is 9.97 Å². The van der Waals surface area contributed by atoms with Crippen LogP contribution in [0.1, 0.15) is 11.1 Å². The lowest BCUT2D eigenvalue weighted by Gasteiger charge is -2.20. The van der Waals surface area contributed by atoms with Crippen molar-refractivity contribution >= 4 is 22.3 Å². The highest BCUT2D eigenvalue weighted by atomic mass is 16.6. The van der Waals surface area contributed by atoms with Crippen LogP contribution in [-0.4, -0.2) is 35.1 Å². The molecule has 0 atom stereocenters. The molecule has 8 heteroatoms. The van der Waals surface area contributed by atoms with Crippen LogP contribution >= 0.6 is 0 Å². The molecule has 0 radical (unpaired) electrons. The van der Waals surface area contributed by atoms with Crippen molar-refractivity contribution < 1.29 is 9.66 Å². The van der Waals surface area contributed by atoms with E-state index in [1.807, 2.05) is 26.0 Å². The van der Waals surface area contributed by atoms with Crippen LogP contribution in [0.25, 0.3) is 10.9 Å². The minimum atomic E-state index is -0.498. The number of likely N-dealkylation sites (N-methyl/N-ethyl adjacent to an activating group) is 1. The third kappa shape index (κ3) is 4.05. The van der Waals surface area contributed by atoms with Gasteiger partial charge in [-0.1, -0.05) is 6.07 Å². The molecule has 0 aliphatic heterocycles. The fourth-order valence-electron chi connectivity index (χ4n) is 2.98. The first-order valence-electron chi connectivity index (χ1n) is 8.43. The summed E-state index contributed by atoms with van der Waals surface area (Å²) in [6.45, 7) is 4.79. The molecule has 1 heterocycles. The Bertz CT molecular complexity index is 1040. The van der Waals surface area contributed by atoms with Crippen molar-refractivity contribution in [2.24, 2.45) is 0 Å². The zero-order valence-corrected chi connectivity index (χ0v) is 15.4. The lowest BCUT2D eigenvalue weighted by Crippen LogP contribution is -2.24. The number of nitrogens with zero attached hydrogens (tertiary/aromatic N) is 3. The lowest BCUT2D eigenvalue weighted by molar-refractivity contribution is -0.384. The molecule has 0 fully saturated rings. The van der Waals surface area contributed by atoms with Crippen LogP contribution in [0.3, 0.4) is 0 Å². The highest BCUT2D eigenvalue weighted by molar-refractivity contribution is 5.86. The minimum Gasteiger partial charge on any atom is -0.492 e. The molecule has 0 aliphatic rings. The van der Waals surface area contributed by atoms with Gasteiger partial charge < -0.3 is 14.6 Å². The van der Waals surface area contributed by atoms with Gasteiger partial charge in [-0.25, -0.2) is 4.98 Å². The van der Waals surface area contributed by atoms with E-state index < -0.39 is 10.5 Å². The highest BCUT2D eigenvalue weighted by Crippen LogP contribution is 2.30. The first-order valence-corrected chi connectivity index (χ1v) is 8.43. The summed E-state index contributed by atoms with van der Waals surface area (Å²) in [5.74, 6) is 0.766. The number of nitrogens with one attached hydrogen (secondary N) is 1. The van der Waals surface area contributed by atoms with Gasteiger partial charge in [0.1, 0.15) is 18.0 Å². The molecule has 1 N–H and O–H groups in total. The number of anilines is 1. The van der Waals surface area contributed by atoms with Gasteiger partial charge in [-0.05, 0) is 43.2 Å². The molecule has 0 amide bonds. The number of H-pyrrole nitrogens is 1. The van der Waals surface area contributed by atoms with Gasteiger partial charge in [0.25, 0.3) is 11.2 Å². The van der Waals surface area contributed by atoms with E-state index >= 15 is 0 Å². The van der Waals surface area contributed by atoms with Crippen molar-refractivity contribution in [2.75, 3.05) is 25.1 Å². The standard InChI is InChI=1S/C19H20N4O4/c1-12-6-13(2)8-14(7-12)27-5-4-22(3)17-10-16-15(9-18(17)23(25)26)19(24)21-11-20-16/h6-11H,4-5H2,1-3H3,(H,20,21,24). The van der Waals surface area contributed by atoms with Crippen molar-refractivity contribution in [2.45, 2.75) is 13.8 Å². The predicted octanol–water partition coefficient (Wildman–Crippen LogP) is 2.96. The normalized spacial score (nSPS) is 10.8. The van der Waals surface area contributed by atoms with E-state index in [1.165, 1.54) is 12.4 Å². The second-order valence-electron chi connectivity index (χ2n) is 6.44. The number of nitro benzene ring substituents is 1. The Kier molecular flexibility index (Phi) is 5.07. The number of aromatic nitrogens is 2. The van der Waals surface area contributed by atoms with Gasteiger partial charge in [-0.15, -0.1) is 0 Å². The van der Waals surface area contributed by atoms with Crippen LogP contribution in [0.5, 0.6) is 5.75 Å². The molecule has 1 aromatic heterocycles. The lowest BCUT2D eigenvalue weighted by atomic mass is 10.1. The van der Waals surface area contributed by atoms with Crippen molar-refractivity contribution in [3.05, 3.63) is 68.3 Å². The zero-order chi connectivity index (χ0) is 19.6. The Balaban J connectivity index is 1.82. The molecule has 8 nitrogen and oxygen atoms in total. The molecule has 0 spiro atoms. The van der Waals surface area contributed by atoms with Gasteiger partial charge in [-0.2, -0.15) is 0 Å². The molecule has 3 aromatic rings. The summed E-state index contributed by atoms with van der Waals surface area (Å²) in [5, 5.41) is 11.7. The smallest absolute Gasteiger partial charge is 0.293 e. The molecule has 0 aliphatic carbocycles. The summed E-state index contributed by atoms with van der Waals surface area (Å²) in [7, 11) is 1.74. The number of hydrogen-bond acceptors (Lipinski definition) is 6. The quantitative estimate of drug-likeness (QED) is 0.530. The molecule has 0 saturated carbocycles. The SMILES string of the molecule is Cc1cc(C)cc(OCCN(C)c2cc3nc[nH]c(=O)c3cc2[N+](=O)[O-])c1. The van der Waals surface area contributed by atoms with Crippen LogP contribution in [0.15, 0.2) is 41.5 Å². The number of hydrogen-bond donors (Lipinski definition) is 1. The first kappa shape index (κ1) is 18.4. The fourth-order valence-corrected chi connectivity index (χ4v) is 2.98. The summed E-state index contributed by atoms with van der Waals surface area (Å²) in [6, 6.07) is 8.77. The van der Waals surface area contributed by atoms with Crippen LogP contribution in [0, 0.1) is 24.0 Å². The van der Waals surface area contributed by atoms with Gasteiger partial charge in [0.05, 0.1) is 28.7 Å². The number of aromatic amines is 1. The average molecular weight is 368 g/mol. The number of nitro groups is 1. The third-order valence-electron chi connectivity index (χ3n) is 4.24. The predicted molar refractivity (Wildman–Crippen MR) is 104 cm³/mol. The summed E-state index contributed by atoms with van der Waals surface area (Å²) >= 11 is 0. The Hall–Kier alpha value is -3.42. The number of aryl methyl sites for hydroxylation is 2. The summed E-state index contributed by atoms with van der Waals surface area (Å²) in [4.78, 5) is 31.1. The second-order valence-corrected chi connectivity index (χ2v) is 6.44. The monoisotopic (exact) mass is 368 g/mol. The van der Waals surface area contributed by atoms with Gasteiger partial charge >= 0.3 is 0 Å². The molecule has 0 unspecified atom stereocenters. The highest BCUT2D eigenvalue weighted by Gasteiger charge is 2.20. The minimum absolute atomic E-state index is 0.144. The van der Waals surface area contributed by atoms with Gasteiger partial charge in [-0.3, -0.25) is 14.9 Å². The van der Waals surface area contributed by atoms with Crippen LogP contribution < -0.4 is 15.2 Å². The van der Waals surface area contributed by atoms with Crippen LogP contribution in [0.4, 0.5) is 11.4 Å². The largest absolute Gasteiger partial charge is 0.492 e. The fraction of sp³-hybridized carbons (Fsp3) is 0.263. The van der Waals surface area contributed by atoms with E-state index in [9.17, 15) is 14.9 Å². The zero-order valence-electron chi connectivity index (χ0n) is 15.4. The topological polar surface area (TPSA) is 101 Å². The van der Waals surface area contributed by atoms with E-state index in [2.05, 4.69) is 16.0 Å². The van der Waals surface area contributed by atoms with E-state index in [1.54, 1.807) is 18.0 Å². The Morgan fingerprint density at radius 2 is 1.89 bits per heavy atom. The summed E-state index contributed by atoms with van der Waals surface area (Å²) in [5.41, 5.74) is 2.46. The van der Waals surface area contributed by atoms with E-state index in [0.29, 0.717) is 24.4 Å². The molecule has 0 bridgehead atoms. The van der Waals surface area contributed by atoms with Gasteiger partial charge in [0, 0.05) is 13.1 Å². The van der Waals surface area contributed by atoms with Gasteiger partial charge in [0.15, 0.2) is 0 Å². The maximum Gasteiger partial charge on any atom is 0.293 e.